The maximum absolute atomic E-state index is 13.1. The second-order valence-electron chi connectivity index (χ2n) is 3.83. The lowest BCUT2D eigenvalue weighted by molar-refractivity contribution is -0.374. The summed E-state index contributed by atoms with van der Waals surface area (Å²) in [5.74, 6) is -0.403. The van der Waals surface area contributed by atoms with Crippen molar-refractivity contribution in [3.05, 3.63) is 80.1 Å². The Morgan fingerprint density at radius 2 is 1.89 bits per heavy atom. The molecule has 0 amide bonds. The molecule has 0 spiro atoms. The quantitative estimate of drug-likeness (QED) is 0.479. The van der Waals surface area contributed by atoms with Crippen molar-refractivity contribution in [1.29, 1.82) is 0 Å². The van der Waals surface area contributed by atoms with Crippen LogP contribution >= 0.6 is 15.9 Å². The van der Waals surface area contributed by atoms with Crippen LogP contribution in [0, 0.1) is 15.9 Å². The van der Waals surface area contributed by atoms with Crippen LogP contribution in [0.1, 0.15) is 11.1 Å². The molecular weight excluding hydrogens is 313 g/mol. The summed E-state index contributed by atoms with van der Waals surface area (Å²) in [5, 5.41) is 11.1. The maximum atomic E-state index is 13.1. The van der Waals surface area contributed by atoms with E-state index in [1.54, 1.807) is 30.3 Å². The molecule has 3 nitrogen and oxygen atoms in total. The van der Waals surface area contributed by atoms with Crippen molar-refractivity contribution < 1.29 is 9.31 Å². The van der Waals surface area contributed by atoms with Crippen molar-refractivity contribution in [2.24, 2.45) is 0 Å². The fourth-order valence-electron chi connectivity index (χ4n) is 1.61. The summed E-state index contributed by atoms with van der Waals surface area (Å²) < 4.78 is 13.4. The molecule has 0 atom stereocenters. The molecule has 2 aromatic carbocycles. The minimum atomic E-state index is -0.452. The third kappa shape index (κ3) is 3.26. The van der Waals surface area contributed by atoms with Crippen LogP contribution in [0.3, 0.4) is 0 Å². The lowest BCUT2D eigenvalue weighted by atomic mass is 10.1. The van der Waals surface area contributed by atoms with Crippen molar-refractivity contribution >= 4 is 27.7 Å². The first-order valence-corrected chi connectivity index (χ1v) is 6.24. The van der Waals surface area contributed by atoms with Crippen molar-refractivity contribution in [1.82, 2.24) is 0 Å². The number of hydrogen-bond donors (Lipinski definition) is 0. The van der Waals surface area contributed by atoms with E-state index < -0.39 is 10.7 Å². The van der Waals surface area contributed by atoms with E-state index in [2.05, 4.69) is 15.9 Å². The Hall–Kier alpha value is -2.01. The Morgan fingerprint density at radius 1 is 1.21 bits per heavy atom. The number of hydrogen-bond acceptors (Lipinski definition) is 2. The molecule has 0 heterocycles. The first-order chi connectivity index (χ1) is 9.08. The van der Waals surface area contributed by atoms with Crippen LogP contribution in [0.2, 0.25) is 0 Å². The van der Waals surface area contributed by atoms with E-state index in [1.165, 1.54) is 24.3 Å². The first-order valence-electron chi connectivity index (χ1n) is 5.44. The highest BCUT2D eigenvalue weighted by atomic mass is 79.9. The molecule has 0 radical (unpaired) electrons. The van der Waals surface area contributed by atoms with Crippen LogP contribution in [0.5, 0.6) is 0 Å². The second-order valence-corrected chi connectivity index (χ2v) is 4.68. The maximum Gasteiger partial charge on any atom is 0.277 e. The van der Waals surface area contributed by atoms with E-state index in [4.69, 9.17) is 0 Å². The highest BCUT2D eigenvalue weighted by Gasteiger charge is 2.13. The predicted octanol–water partition coefficient (Wildman–Crippen LogP) is 4.36. The van der Waals surface area contributed by atoms with Crippen molar-refractivity contribution in [3.8, 4) is 0 Å². The van der Waals surface area contributed by atoms with Gasteiger partial charge >= 0.3 is 0 Å². The Labute approximate surface area is 117 Å². The van der Waals surface area contributed by atoms with Crippen LogP contribution in [0.15, 0.2) is 53.0 Å². The van der Waals surface area contributed by atoms with Gasteiger partial charge in [-0.1, -0.05) is 24.3 Å². The van der Waals surface area contributed by atoms with Crippen molar-refractivity contribution in [3.63, 3.8) is 0 Å². The molecule has 2 aromatic rings. The third-order valence-corrected chi connectivity index (χ3v) is 3.12. The molecule has 0 saturated carbocycles. The van der Waals surface area contributed by atoms with Crippen LogP contribution < -0.4 is 0 Å². The van der Waals surface area contributed by atoms with Gasteiger partial charge in [0.05, 0.1) is 15.0 Å². The summed E-state index contributed by atoms with van der Waals surface area (Å²) in [7, 11) is 0. The van der Waals surface area contributed by atoms with Gasteiger partial charge in [-0.2, -0.15) is 0 Å². The summed E-state index contributed by atoms with van der Waals surface area (Å²) in [4.78, 5) is 10.7. The van der Waals surface area contributed by atoms with Gasteiger partial charge < -0.3 is 0 Å². The van der Waals surface area contributed by atoms with E-state index >= 15 is 0 Å². The number of benzene rings is 2. The second kappa shape index (κ2) is 5.75. The third-order valence-electron chi connectivity index (χ3n) is 2.51. The summed E-state index contributed by atoms with van der Waals surface area (Å²) in [6.45, 7) is 0. The highest BCUT2D eigenvalue weighted by molar-refractivity contribution is 9.10. The zero-order chi connectivity index (χ0) is 13.8. The van der Waals surface area contributed by atoms with Crippen molar-refractivity contribution in [2.75, 3.05) is 0 Å². The SMILES string of the molecule is O=[N+]([O-])C(=Cc1ccc(F)c(Br)c1)c1ccccc1. The van der Waals surface area contributed by atoms with Gasteiger partial charge in [0.25, 0.3) is 5.70 Å². The smallest absolute Gasteiger partial charge is 0.258 e. The highest BCUT2D eigenvalue weighted by Crippen LogP contribution is 2.22. The molecule has 0 unspecified atom stereocenters. The van der Waals surface area contributed by atoms with E-state index in [1.807, 2.05) is 0 Å². The summed E-state index contributed by atoms with van der Waals surface area (Å²) in [5.41, 5.74) is 1.04. The van der Waals surface area contributed by atoms with Gasteiger partial charge in [0.1, 0.15) is 5.82 Å². The Bertz CT molecular complexity index is 641. The Morgan fingerprint density at radius 3 is 2.47 bits per heavy atom. The summed E-state index contributed by atoms with van der Waals surface area (Å²) >= 11 is 3.06. The summed E-state index contributed by atoms with van der Waals surface area (Å²) in [6.07, 6.45) is 1.42. The van der Waals surface area contributed by atoms with E-state index in [0.29, 0.717) is 11.1 Å². The summed E-state index contributed by atoms with van der Waals surface area (Å²) in [6, 6.07) is 12.8. The van der Waals surface area contributed by atoms with Crippen molar-refractivity contribution in [2.45, 2.75) is 0 Å². The van der Waals surface area contributed by atoms with Gasteiger partial charge in [0, 0.05) is 6.08 Å². The van der Waals surface area contributed by atoms with Gasteiger partial charge in [-0.05, 0) is 45.8 Å². The normalized spacial score (nSPS) is 11.4. The van der Waals surface area contributed by atoms with Crippen LogP contribution in [-0.4, -0.2) is 4.92 Å². The lowest BCUT2D eigenvalue weighted by Crippen LogP contribution is -1.97. The zero-order valence-electron chi connectivity index (χ0n) is 9.72. The largest absolute Gasteiger partial charge is 0.277 e. The molecule has 0 aliphatic carbocycles. The van der Waals surface area contributed by atoms with Gasteiger partial charge in [0.15, 0.2) is 0 Å². The minimum Gasteiger partial charge on any atom is -0.258 e. The van der Waals surface area contributed by atoms with E-state index in [-0.39, 0.29) is 10.2 Å². The van der Waals surface area contributed by atoms with Crippen LogP contribution in [-0.2, 0) is 0 Å². The number of nitrogens with zero attached hydrogens (tertiary/aromatic N) is 1. The lowest BCUT2D eigenvalue weighted by Gasteiger charge is -2.00. The number of rotatable bonds is 3. The average Bonchev–Trinajstić information content (AvgIpc) is 2.40. The molecule has 0 saturated heterocycles. The molecule has 5 heteroatoms. The fourth-order valence-corrected chi connectivity index (χ4v) is 2.01. The topological polar surface area (TPSA) is 43.1 Å². The standard InChI is InChI=1S/C14H9BrFNO2/c15-12-8-10(6-7-13(12)16)9-14(17(18)19)11-4-2-1-3-5-11/h1-9H. The van der Waals surface area contributed by atoms with Gasteiger partial charge in [-0.25, -0.2) is 4.39 Å². The minimum absolute atomic E-state index is 0.0286. The Balaban J connectivity index is 2.47. The zero-order valence-corrected chi connectivity index (χ0v) is 11.3. The number of nitro groups is 1. The molecule has 19 heavy (non-hydrogen) atoms. The first kappa shape index (κ1) is 13.4. The molecule has 0 aliphatic heterocycles. The molecular formula is C14H9BrFNO2. The van der Waals surface area contributed by atoms with Crippen LogP contribution in [0.25, 0.3) is 11.8 Å². The monoisotopic (exact) mass is 321 g/mol. The predicted molar refractivity (Wildman–Crippen MR) is 75.4 cm³/mol. The van der Waals surface area contributed by atoms with Crippen LogP contribution in [0.4, 0.5) is 4.39 Å². The van der Waals surface area contributed by atoms with Gasteiger partial charge in [0.2, 0.25) is 0 Å². The molecule has 96 valence electrons. The molecule has 0 aliphatic rings. The molecule has 0 N–H and O–H groups in total. The molecule has 0 aromatic heterocycles. The Kier molecular flexibility index (Phi) is 4.06. The molecule has 0 bridgehead atoms. The fraction of sp³-hybridized carbons (Fsp3) is 0. The average molecular weight is 322 g/mol. The molecule has 2 rings (SSSR count). The van der Waals surface area contributed by atoms with Gasteiger partial charge in [-0.3, -0.25) is 10.1 Å². The molecule has 0 fully saturated rings. The van der Waals surface area contributed by atoms with E-state index in [9.17, 15) is 14.5 Å². The van der Waals surface area contributed by atoms with Gasteiger partial charge in [-0.15, -0.1) is 0 Å². The number of halogens is 2. The van der Waals surface area contributed by atoms with E-state index in [0.717, 1.165) is 0 Å².